The molecule has 2 N–H and O–H groups in total. The Morgan fingerprint density at radius 3 is 2.78 bits per heavy atom. The zero-order valence-corrected chi connectivity index (χ0v) is 15.6. The molecule has 0 saturated carbocycles. The van der Waals surface area contributed by atoms with E-state index in [0.717, 1.165) is 33.1 Å². The van der Waals surface area contributed by atoms with E-state index in [-0.39, 0.29) is 0 Å². The van der Waals surface area contributed by atoms with Crippen LogP contribution < -0.4 is 10.5 Å². The van der Waals surface area contributed by atoms with E-state index in [4.69, 9.17) is 22.1 Å². The van der Waals surface area contributed by atoms with E-state index in [1.54, 1.807) is 12.1 Å². The summed E-state index contributed by atoms with van der Waals surface area (Å²) in [5, 5.41) is 2.23. The molecule has 4 aromatic rings. The lowest BCUT2D eigenvalue weighted by atomic mass is 10.1. The number of hydrogen-bond acceptors (Lipinski definition) is 2. The van der Waals surface area contributed by atoms with Gasteiger partial charge in [-0.15, -0.1) is 0 Å². The first-order valence-electron chi connectivity index (χ1n) is 8.72. The van der Waals surface area contributed by atoms with Crippen molar-refractivity contribution in [1.82, 2.24) is 4.57 Å². The third kappa shape index (κ3) is 3.13. The molecular formula is C22H18ClN2O2. The van der Waals surface area contributed by atoms with Crippen LogP contribution >= 0.6 is 11.6 Å². The van der Waals surface area contributed by atoms with Gasteiger partial charge in [0.15, 0.2) is 0 Å². The minimum atomic E-state index is -0.457. The number of benzene rings is 3. The quantitative estimate of drug-likeness (QED) is 0.543. The monoisotopic (exact) mass is 377 g/mol. The van der Waals surface area contributed by atoms with Crippen molar-refractivity contribution in [2.75, 3.05) is 6.61 Å². The summed E-state index contributed by atoms with van der Waals surface area (Å²) in [6.45, 7) is 3.19. The lowest BCUT2D eigenvalue weighted by Crippen LogP contribution is -2.11. The molecule has 0 fully saturated rings. The standard InChI is InChI=1S/C22H18ClN2O2/c1-2-27-16-6-3-5-14(11-16)13-25-19-8-4-7-18(22(24)26)21(19)17-10-9-15(23)12-20(17)25/h3-9,11-12H,2,13H2,1H3,(H2,24,26). The Labute approximate surface area is 162 Å². The summed E-state index contributed by atoms with van der Waals surface area (Å²) in [4.78, 5) is 12.0. The number of rotatable bonds is 5. The van der Waals surface area contributed by atoms with Crippen molar-refractivity contribution in [1.29, 1.82) is 0 Å². The van der Waals surface area contributed by atoms with Crippen molar-refractivity contribution in [3.8, 4) is 5.75 Å². The maximum atomic E-state index is 12.0. The van der Waals surface area contributed by atoms with Gasteiger partial charge in [0.05, 0.1) is 17.6 Å². The van der Waals surface area contributed by atoms with Crippen LogP contribution in [-0.4, -0.2) is 17.1 Å². The van der Waals surface area contributed by atoms with Crippen LogP contribution in [-0.2, 0) is 6.54 Å². The molecule has 1 amide bonds. The zero-order chi connectivity index (χ0) is 19.0. The van der Waals surface area contributed by atoms with Crippen molar-refractivity contribution in [2.45, 2.75) is 13.5 Å². The molecule has 1 radical (unpaired) electrons. The Bertz CT molecular complexity index is 1160. The van der Waals surface area contributed by atoms with E-state index >= 15 is 0 Å². The first kappa shape index (κ1) is 17.4. The molecule has 0 aliphatic carbocycles. The van der Waals surface area contributed by atoms with Gasteiger partial charge in [0.1, 0.15) is 5.75 Å². The van der Waals surface area contributed by atoms with Gasteiger partial charge in [-0.2, -0.15) is 0 Å². The number of fused-ring (bicyclic) bond motifs is 3. The molecule has 135 valence electrons. The topological polar surface area (TPSA) is 57.2 Å². The highest BCUT2D eigenvalue weighted by atomic mass is 35.5. The average Bonchev–Trinajstić information content (AvgIpc) is 2.95. The second-order valence-corrected chi connectivity index (χ2v) is 6.75. The van der Waals surface area contributed by atoms with Gasteiger partial charge in [0.2, 0.25) is 5.91 Å². The minimum Gasteiger partial charge on any atom is -0.494 e. The van der Waals surface area contributed by atoms with E-state index in [2.05, 4.69) is 10.6 Å². The molecule has 0 atom stereocenters. The molecule has 4 nitrogen and oxygen atoms in total. The van der Waals surface area contributed by atoms with Crippen molar-refractivity contribution in [3.63, 3.8) is 0 Å². The first-order valence-corrected chi connectivity index (χ1v) is 9.10. The molecule has 1 aromatic heterocycles. The molecule has 0 aliphatic rings. The predicted octanol–water partition coefficient (Wildman–Crippen LogP) is 4.79. The summed E-state index contributed by atoms with van der Waals surface area (Å²) >= 11 is 6.23. The normalized spacial score (nSPS) is 11.2. The SMILES string of the molecule is CCOc1cccc(Cn2c3cc(Cl)c[c]c3c3c(C(N)=O)cccc32)c1. The molecule has 0 aliphatic heterocycles. The highest BCUT2D eigenvalue weighted by molar-refractivity contribution is 6.31. The fourth-order valence-corrected chi connectivity index (χ4v) is 3.65. The number of aromatic nitrogens is 1. The van der Waals surface area contributed by atoms with Crippen LogP contribution in [0.25, 0.3) is 21.8 Å². The number of halogens is 1. The lowest BCUT2D eigenvalue weighted by Gasteiger charge is -2.10. The zero-order valence-electron chi connectivity index (χ0n) is 14.8. The molecule has 0 unspecified atom stereocenters. The largest absolute Gasteiger partial charge is 0.494 e. The summed E-state index contributed by atoms with van der Waals surface area (Å²) in [7, 11) is 0. The van der Waals surface area contributed by atoms with E-state index < -0.39 is 5.91 Å². The maximum Gasteiger partial charge on any atom is 0.249 e. The van der Waals surface area contributed by atoms with Crippen LogP contribution in [0, 0.1) is 6.07 Å². The Kier molecular flexibility index (Phi) is 4.50. The lowest BCUT2D eigenvalue weighted by molar-refractivity contribution is 0.100. The number of nitrogens with zero attached hydrogens (tertiary/aromatic N) is 1. The van der Waals surface area contributed by atoms with E-state index in [1.807, 2.05) is 49.4 Å². The van der Waals surface area contributed by atoms with Gasteiger partial charge in [0, 0.05) is 27.9 Å². The van der Waals surface area contributed by atoms with Gasteiger partial charge >= 0.3 is 0 Å². The third-order valence-corrected chi connectivity index (χ3v) is 4.79. The molecule has 0 saturated heterocycles. The summed E-state index contributed by atoms with van der Waals surface area (Å²) < 4.78 is 7.74. The van der Waals surface area contributed by atoms with Gasteiger partial charge in [-0.3, -0.25) is 4.79 Å². The number of hydrogen-bond donors (Lipinski definition) is 1. The predicted molar refractivity (Wildman–Crippen MR) is 109 cm³/mol. The highest BCUT2D eigenvalue weighted by Crippen LogP contribution is 2.33. The van der Waals surface area contributed by atoms with Crippen LogP contribution in [0.15, 0.2) is 54.6 Å². The van der Waals surface area contributed by atoms with Gasteiger partial charge < -0.3 is 15.0 Å². The minimum absolute atomic E-state index is 0.457. The van der Waals surface area contributed by atoms with Gasteiger partial charge in [-0.1, -0.05) is 29.8 Å². The second kappa shape index (κ2) is 6.97. The molecule has 4 rings (SSSR count). The van der Waals surface area contributed by atoms with Crippen LogP contribution in [0.1, 0.15) is 22.8 Å². The maximum absolute atomic E-state index is 12.0. The van der Waals surface area contributed by atoms with Crippen LogP contribution in [0.2, 0.25) is 5.02 Å². The highest BCUT2D eigenvalue weighted by Gasteiger charge is 2.17. The number of nitrogens with two attached hydrogens (primary N) is 1. The molecule has 0 spiro atoms. The van der Waals surface area contributed by atoms with Gasteiger partial charge in [0.25, 0.3) is 0 Å². The summed E-state index contributed by atoms with van der Waals surface area (Å²) in [5.41, 5.74) is 9.01. The third-order valence-electron chi connectivity index (χ3n) is 4.57. The van der Waals surface area contributed by atoms with E-state index in [9.17, 15) is 4.79 Å². The molecule has 27 heavy (non-hydrogen) atoms. The molecular weight excluding hydrogens is 360 g/mol. The Morgan fingerprint density at radius 1 is 1.19 bits per heavy atom. The first-order chi connectivity index (χ1) is 13.1. The Hall–Kier alpha value is -2.98. The van der Waals surface area contributed by atoms with E-state index in [1.165, 1.54) is 0 Å². The second-order valence-electron chi connectivity index (χ2n) is 6.31. The number of primary amides is 1. The smallest absolute Gasteiger partial charge is 0.249 e. The number of carbonyl (C=O) groups excluding carboxylic acids is 1. The van der Waals surface area contributed by atoms with Crippen molar-refractivity contribution < 1.29 is 9.53 Å². The van der Waals surface area contributed by atoms with E-state index in [0.29, 0.717) is 23.7 Å². The molecule has 5 heteroatoms. The summed E-state index contributed by atoms with van der Waals surface area (Å²) in [6.07, 6.45) is 0. The number of ether oxygens (including phenoxy) is 1. The molecule has 0 bridgehead atoms. The number of amides is 1. The van der Waals surface area contributed by atoms with Gasteiger partial charge in [-0.05, 0) is 55.0 Å². The molecule has 3 aromatic carbocycles. The average molecular weight is 378 g/mol. The van der Waals surface area contributed by atoms with Crippen LogP contribution in [0.5, 0.6) is 5.75 Å². The van der Waals surface area contributed by atoms with Crippen molar-refractivity contribution in [2.24, 2.45) is 5.73 Å². The summed E-state index contributed by atoms with van der Waals surface area (Å²) in [6, 6.07) is 20.4. The fraction of sp³-hybridized carbons (Fsp3) is 0.136. The Balaban J connectivity index is 1.96. The number of carbonyl (C=O) groups is 1. The van der Waals surface area contributed by atoms with Crippen molar-refractivity contribution >= 4 is 39.3 Å². The van der Waals surface area contributed by atoms with Crippen LogP contribution in [0.4, 0.5) is 0 Å². The van der Waals surface area contributed by atoms with Gasteiger partial charge in [-0.25, -0.2) is 0 Å². The van der Waals surface area contributed by atoms with Crippen LogP contribution in [0.3, 0.4) is 0 Å². The molecule has 1 heterocycles. The van der Waals surface area contributed by atoms with Crippen molar-refractivity contribution in [3.05, 3.63) is 76.8 Å². The fourth-order valence-electron chi connectivity index (χ4n) is 3.49. The summed E-state index contributed by atoms with van der Waals surface area (Å²) in [5.74, 6) is 0.375. The Morgan fingerprint density at radius 2 is 2.00 bits per heavy atom.